The van der Waals surface area contributed by atoms with E-state index >= 15 is 0 Å². The van der Waals surface area contributed by atoms with Crippen LogP contribution in [-0.4, -0.2) is 16.2 Å². The molecule has 5 heteroatoms. The lowest BCUT2D eigenvalue weighted by Crippen LogP contribution is -2.27. The third-order valence-corrected chi connectivity index (χ3v) is 4.00. The van der Waals surface area contributed by atoms with Crippen LogP contribution in [0.3, 0.4) is 0 Å². The zero-order chi connectivity index (χ0) is 17.0. The molecule has 0 heterocycles. The van der Waals surface area contributed by atoms with Gasteiger partial charge >= 0.3 is 0 Å². The number of nitrogens with zero attached hydrogens (tertiary/aromatic N) is 1. The Morgan fingerprint density at radius 1 is 1.13 bits per heavy atom. The predicted molar refractivity (Wildman–Crippen MR) is 89.7 cm³/mol. The van der Waals surface area contributed by atoms with Gasteiger partial charge in [-0.15, -0.1) is 0 Å². The number of rotatable bonds is 5. The topological polar surface area (TPSA) is 49.8 Å². The average Bonchev–Trinajstić information content (AvgIpc) is 2.55. The molecule has 0 aliphatic carbocycles. The quantitative estimate of drug-likeness (QED) is 0.633. The van der Waals surface area contributed by atoms with Gasteiger partial charge in [0.15, 0.2) is 0 Å². The Hall–Kier alpha value is -2.04. The average molecular weight is 334 g/mol. The zero-order valence-electron chi connectivity index (χ0n) is 13.4. The minimum absolute atomic E-state index is 0.136. The SMILES string of the molecule is CC(=O)N(O)C(C)c1ccc(OC(C)c2ccccc2)c(Cl)c1. The number of halogens is 1. The van der Waals surface area contributed by atoms with Crippen LogP contribution >= 0.6 is 11.6 Å². The van der Waals surface area contributed by atoms with Gasteiger partial charge in [-0.05, 0) is 37.1 Å². The van der Waals surface area contributed by atoms with E-state index in [1.54, 1.807) is 25.1 Å². The molecule has 2 atom stereocenters. The second-order valence-electron chi connectivity index (χ2n) is 5.40. The maximum absolute atomic E-state index is 11.2. The normalized spacial score (nSPS) is 13.3. The van der Waals surface area contributed by atoms with Gasteiger partial charge in [0, 0.05) is 6.92 Å². The second-order valence-corrected chi connectivity index (χ2v) is 5.81. The van der Waals surface area contributed by atoms with Crippen LogP contribution in [-0.2, 0) is 4.79 Å². The number of hydroxylamine groups is 2. The lowest BCUT2D eigenvalue weighted by atomic mass is 10.1. The molecule has 0 fully saturated rings. The van der Waals surface area contributed by atoms with Crippen LogP contribution in [0.2, 0.25) is 5.02 Å². The van der Waals surface area contributed by atoms with E-state index in [-0.39, 0.29) is 6.10 Å². The van der Waals surface area contributed by atoms with Crippen LogP contribution in [0.1, 0.15) is 44.0 Å². The van der Waals surface area contributed by atoms with Crippen molar-refractivity contribution in [2.24, 2.45) is 0 Å². The first kappa shape index (κ1) is 17.3. The minimum Gasteiger partial charge on any atom is -0.484 e. The van der Waals surface area contributed by atoms with E-state index < -0.39 is 11.9 Å². The molecule has 0 bridgehead atoms. The molecular weight excluding hydrogens is 314 g/mol. The van der Waals surface area contributed by atoms with Crippen molar-refractivity contribution < 1.29 is 14.7 Å². The van der Waals surface area contributed by atoms with E-state index in [2.05, 4.69) is 0 Å². The molecule has 0 aliphatic heterocycles. The van der Waals surface area contributed by atoms with E-state index in [1.165, 1.54) is 6.92 Å². The molecule has 23 heavy (non-hydrogen) atoms. The van der Waals surface area contributed by atoms with Crippen molar-refractivity contribution in [3.05, 3.63) is 64.7 Å². The summed E-state index contributed by atoms with van der Waals surface area (Å²) in [6.45, 7) is 4.98. The number of hydrogen-bond acceptors (Lipinski definition) is 3. The number of amides is 1. The highest BCUT2D eigenvalue weighted by atomic mass is 35.5. The lowest BCUT2D eigenvalue weighted by Gasteiger charge is -2.22. The van der Waals surface area contributed by atoms with Crippen molar-refractivity contribution in [2.75, 3.05) is 0 Å². The number of benzene rings is 2. The lowest BCUT2D eigenvalue weighted by molar-refractivity contribution is -0.172. The molecule has 0 aliphatic rings. The molecule has 2 rings (SSSR count). The summed E-state index contributed by atoms with van der Waals surface area (Å²) in [4.78, 5) is 11.2. The van der Waals surface area contributed by atoms with Crippen molar-refractivity contribution in [2.45, 2.75) is 32.9 Å². The summed E-state index contributed by atoms with van der Waals surface area (Å²) in [7, 11) is 0. The Balaban J connectivity index is 2.15. The Labute approximate surface area is 141 Å². The third-order valence-electron chi connectivity index (χ3n) is 3.70. The maximum Gasteiger partial charge on any atom is 0.243 e. The summed E-state index contributed by atoms with van der Waals surface area (Å²) >= 11 is 6.28. The first-order chi connectivity index (χ1) is 10.9. The van der Waals surface area contributed by atoms with E-state index in [9.17, 15) is 10.0 Å². The zero-order valence-corrected chi connectivity index (χ0v) is 14.1. The smallest absolute Gasteiger partial charge is 0.243 e. The van der Waals surface area contributed by atoms with Gasteiger partial charge in [0.2, 0.25) is 5.91 Å². The summed E-state index contributed by atoms with van der Waals surface area (Å²) in [5.41, 5.74) is 1.78. The molecule has 2 unspecified atom stereocenters. The number of hydrogen-bond donors (Lipinski definition) is 1. The van der Waals surface area contributed by atoms with Crippen molar-refractivity contribution in [3.63, 3.8) is 0 Å². The van der Waals surface area contributed by atoms with Gasteiger partial charge in [-0.2, -0.15) is 0 Å². The number of ether oxygens (including phenoxy) is 1. The fraction of sp³-hybridized carbons (Fsp3) is 0.278. The van der Waals surface area contributed by atoms with Crippen LogP contribution in [0.4, 0.5) is 0 Å². The van der Waals surface area contributed by atoms with Crippen molar-refractivity contribution >= 4 is 17.5 Å². The van der Waals surface area contributed by atoms with Gasteiger partial charge in [0.1, 0.15) is 11.9 Å². The van der Waals surface area contributed by atoms with E-state index in [4.69, 9.17) is 16.3 Å². The first-order valence-corrected chi connectivity index (χ1v) is 7.77. The fourth-order valence-corrected chi connectivity index (χ4v) is 2.50. The van der Waals surface area contributed by atoms with Gasteiger partial charge < -0.3 is 4.74 Å². The Kier molecular flexibility index (Phi) is 5.64. The molecule has 1 N–H and O–H groups in total. The van der Waals surface area contributed by atoms with Gasteiger partial charge in [-0.3, -0.25) is 10.0 Å². The summed E-state index contributed by atoms with van der Waals surface area (Å²) < 4.78 is 5.90. The number of carbonyl (C=O) groups is 1. The molecule has 0 saturated heterocycles. The highest BCUT2D eigenvalue weighted by Crippen LogP contribution is 2.32. The molecule has 0 saturated carbocycles. The molecule has 4 nitrogen and oxygen atoms in total. The summed E-state index contributed by atoms with van der Waals surface area (Å²) in [6.07, 6.45) is -0.136. The van der Waals surface area contributed by atoms with E-state index in [0.29, 0.717) is 15.8 Å². The van der Waals surface area contributed by atoms with E-state index in [1.807, 2.05) is 37.3 Å². The van der Waals surface area contributed by atoms with Crippen LogP contribution in [0.5, 0.6) is 5.75 Å². The summed E-state index contributed by atoms with van der Waals surface area (Å²) in [5, 5.41) is 10.8. The van der Waals surface area contributed by atoms with Crippen LogP contribution in [0.25, 0.3) is 0 Å². The molecule has 122 valence electrons. The molecule has 0 aromatic heterocycles. The third kappa shape index (κ3) is 4.24. The Morgan fingerprint density at radius 3 is 2.35 bits per heavy atom. The number of carbonyl (C=O) groups excluding carboxylic acids is 1. The molecule has 0 spiro atoms. The summed E-state index contributed by atoms with van der Waals surface area (Å²) in [6, 6.07) is 14.6. The fourth-order valence-electron chi connectivity index (χ4n) is 2.27. The monoisotopic (exact) mass is 333 g/mol. The molecular formula is C18H20ClNO3. The second kappa shape index (κ2) is 7.49. The van der Waals surface area contributed by atoms with Crippen molar-refractivity contribution in [1.29, 1.82) is 0 Å². The molecule has 1 amide bonds. The summed E-state index contributed by atoms with van der Waals surface area (Å²) in [5.74, 6) is 0.137. The Bertz CT molecular complexity index is 675. The van der Waals surface area contributed by atoms with Gasteiger partial charge in [-0.25, -0.2) is 5.06 Å². The molecule has 2 aromatic rings. The molecule has 2 aromatic carbocycles. The minimum atomic E-state index is -0.481. The largest absolute Gasteiger partial charge is 0.484 e. The highest BCUT2D eigenvalue weighted by Gasteiger charge is 2.18. The van der Waals surface area contributed by atoms with Crippen molar-refractivity contribution in [1.82, 2.24) is 5.06 Å². The van der Waals surface area contributed by atoms with Crippen LogP contribution in [0.15, 0.2) is 48.5 Å². The van der Waals surface area contributed by atoms with Gasteiger partial charge in [-0.1, -0.05) is 48.0 Å². The van der Waals surface area contributed by atoms with Crippen LogP contribution in [0, 0.1) is 0 Å². The predicted octanol–water partition coefficient (Wildman–Crippen LogP) is 4.78. The van der Waals surface area contributed by atoms with Gasteiger partial charge in [0.05, 0.1) is 11.1 Å². The first-order valence-electron chi connectivity index (χ1n) is 7.40. The van der Waals surface area contributed by atoms with Gasteiger partial charge in [0.25, 0.3) is 0 Å². The highest BCUT2D eigenvalue weighted by molar-refractivity contribution is 6.32. The Morgan fingerprint density at radius 2 is 1.78 bits per heavy atom. The maximum atomic E-state index is 11.2. The van der Waals surface area contributed by atoms with Crippen molar-refractivity contribution in [3.8, 4) is 5.75 Å². The standard InChI is InChI=1S/C18H20ClNO3/c1-12(20(22)14(3)21)16-9-10-18(17(19)11-16)23-13(2)15-7-5-4-6-8-15/h4-13,22H,1-3H3. The van der Waals surface area contributed by atoms with Crippen LogP contribution < -0.4 is 4.74 Å². The van der Waals surface area contributed by atoms with E-state index in [0.717, 1.165) is 11.1 Å². The molecule has 0 radical (unpaired) electrons.